The average molecular weight is 266 g/mol. The van der Waals surface area contributed by atoms with Crippen molar-refractivity contribution in [2.24, 2.45) is 5.41 Å². The number of rotatable bonds is 1. The zero-order valence-electron chi connectivity index (χ0n) is 11.8. The minimum atomic E-state index is -0.676. The van der Waals surface area contributed by atoms with E-state index in [1.165, 1.54) is 0 Å². The third-order valence-electron chi connectivity index (χ3n) is 4.02. The first kappa shape index (κ1) is 14.1. The number of aliphatic hydroxyl groups is 1. The molecule has 5 nitrogen and oxygen atoms in total. The van der Waals surface area contributed by atoms with Crippen LogP contribution >= 0.6 is 0 Å². The summed E-state index contributed by atoms with van der Waals surface area (Å²) in [6.45, 7) is 5.43. The lowest BCUT2D eigenvalue weighted by Crippen LogP contribution is -2.52. The van der Waals surface area contributed by atoms with Crippen LogP contribution in [0, 0.1) is 16.7 Å². The van der Waals surface area contributed by atoms with E-state index >= 15 is 0 Å². The highest BCUT2D eigenvalue weighted by Crippen LogP contribution is 2.45. The van der Waals surface area contributed by atoms with Gasteiger partial charge in [0.05, 0.1) is 18.1 Å². The third-order valence-corrected chi connectivity index (χ3v) is 4.02. The molecule has 19 heavy (non-hydrogen) atoms. The second-order valence-electron chi connectivity index (χ2n) is 6.73. The summed E-state index contributed by atoms with van der Waals surface area (Å²) < 4.78 is 5.44. The molecule has 1 N–H and O–H groups in total. The predicted octanol–water partition coefficient (Wildman–Crippen LogP) is 2.05. The second kappa shape index (κ2) is 4.68. The van der Waals surface area contributed by atoms with Crippen molar-refractivity contribution in [3.05, 3.63) is 0 Å². The third kappa shape index (κ3) is 2.69. The van der Waals surface area contributed by atoms with Gasteiger partial charge in [-0.2, -0.15) is 5.26 Å². The Bertz CT molecular complexity index is 394. The van der Waals surface area contributed by atoms with Crippen LogP contribution in [0.1, 0.15) is 46.5 Å². The lowest BCUT2D eigenvalue weighted by molar-refractivity contribution is -0.0119. The number of hydrogen-bond donors (Lipinski definition) is 1. The number of fused-ring (bicyclic) bond motifs is 2. The lowest BCUT2D eigenvalue weighted by atomic mass is 9.77. The minimum Gasteiger partial charge on any atom is -0.444 e. The van der Waals surface area contributed by atoms with Gasteiger partial charge in [-0.3, -0.25) is 0 Å². The highest BCUT2D eigenvalue weighted by atomic mass is 16.6. The van der Waals surface area contributed by atoms with Crippen molar-refractivity contribution < 1.29 is 14.6 Å². The first-order valence-electron chi connectivity index (χ1n) is 6.84. The van der Waals surface area contributed by atoms with Crippen LogP contribution in [0.4, 0.5) is 4.79 Å². The van der Waals surface area contributed by atoms with Crippen molar-refractivity contribution in [3.63, 3.8) is 0 Å². The maximum absolute atomic E-state index is 12.2. The largest absolute Gasteiger partial charge is 0.444 e. The fourth-order valence-corrected chi connectivity index (χ4v) is 3.22. The number of carbonyl (C=O) groups excluding carboxylic acids is 1. The predicted molar refractivity (Wildman–Crippen MR) is 69.2 cm³/mol. The average Bonchev–Trinajstić information content (AvgIpc) is 2.59. The molecule has 106 valence electrons. The molecule has 0 radical (unpaired) electrons. The Kier molecular flexibility index (Phi) is 3.48. The van der Waals surface area contributed by atoms with E-state index in [1.807, 2.05) is 20.8 Å². The molecule has 0 aromatic heterocycles. The summed E-state index contributed by atoms with van der Waals surface area (Å²) in [5.74, 6) is 0. The summed E-state index contributed by atoms with van der Waals surface area (Å²) in [6.07, 6.45) is 2.61. The van der Waals surface area contributed by atoms with Crippen molar-refractivity contribution in [1.82, 2.24) is 4.90 Å². The van der Waals surface area contributed by atoms with Crippen LogP contribution in [0.15, 0.2) is 0 Å². The molecule has 0 aliphatic carbocycles. The molecular formula is C14H22N2O3. The summed E-state index contributed by atoms with van der Waals surface area (Å²) in [5, 5.41) is 18.7. The molecular weight excluding hydrogens is 244 g/mol. The second-order valence-corrected chi connectivity index (χ2v) is 6.73. The molecule has 1 amide bonds. The van der Waals surface area contributed by atoms with E-state index in [0.717, 1.165) is 12.8 Å². The summed E-state index contributed by atoms with van der Waals surface area (Å²) in [7, 11) is 0. The molecule has 3 atom stereocenters. The molecule has 0 spiro atoms. The Balaban J connectivity index is 2.12. The van der Waals surface area contributed by atoms with Gasteiger partial charge in [-0.1, -0.05) is 0 Å². The molecule has 0 aromatic rings. The maximum Gasteiger partial charge on any atom is 0.410 e. The van der Waals surface area contributed by atoms with Gasteiger partial charge < -0.3 is 14.7 Å². The first-order valence-corrected chi connectivity index (χ1v) is 6.84. The SMILES string of the molecule is CC(C)(C)OC(=O)N1[C@@H]2CC[C@H]1CC(C#N)(CO)C2. The van der Waals surface area contributed by atoms with E-state index in [0.29, 0.717) is 12.8 Å². The van der Waals surface area contributed by atoms with Crippen LogP contribution in [0.3, 0.4) is 0 Å². The molecule has 2 bridgehead atoms. The van der Waals surface area contributed by atoms with Gasteiger partial charge in [0.1, 0.15) is 5.60 Å². The monoisotopic (exact) mass is 266 g/mol. The molecule has 2 heterocycles. The van der Waals surface area contributed by atoms with Gasteiger partial charge in [0.15, 0.2) is 0 Å². The van der Waals surface area contributed by atoms with Gasteiger partial charge in [-0.15, -0.1) is 0 Å². The van der Waals surface area contributed by atoms with Crippen LogP contribution in [0.25, 0.3) is 0 Å². The van der Waals surface area contributed by atoms with E-state index in [9.17, 15) is 15.2 Å². The Morgan fingerprint density at radius 1 is 1.42 bits per heavy atom. The fraction of sp³-hybridized carbons (Fsp3) is 0.857. The molecule has 0 aromatic carbocycles. The zero-order valence-corrected chi connectivity index (χ0v) is 11.8. The Morgan fingerprint density at radius 2 is 1.95 bits per heavy atom. The van der Waals surface area contributed by atoms with Crippen LogP contribution in [0.5, 0.6) is 0 Å². The smallest absolute Gasteiger partial charge is 0.410 e. The zero-order chi connectivity index (χ0) is 14.3. The van der Waals surface area contributed by atoms with E-state index < -0.39 is 11.0 Å². The number of amides is 1. The summed E-state index contributed by atoms with van der Waals surface area (Å²) >= 11 is 0. The van der Waals surface area contributed by atoms with Crippen LogP contribution in [0.2, 0.25) is 0 Å². The van der Waals surface area contributed by atoms with Gasteiger partial charge in [-0.05, 0) is 46.5 Å². The normalized spacial score (nSPS) is 33.9. The molecule has 2 aliphatic heterocycles. The highest BCUT2D eigenvalue weighted by Gasteiger charge is 2.51. The van der Waals surface area contributed by atoms with E-state index in [-0.39, 0.29) is 24.8 Å². The first-order chi connectivity index (χ1) is 8.80. The van der Waals surface area contributed by atoms with Gasteiger partial charge in [0, 0.05) is 12.1 Å². The minimum absolute atomic E-state index is 0.0281. The Hall–Kier alpha value is -1.28. The van der Waals surface area contributed by atoms with Crippen molar-refractivity contribution in [2.75, 3.05) is 6.61 Å². The number of aliphatic hydroxyl groups excluding tert-OH is 1. The number of nitriles is 1. The van der Waals surface area contributed by atoms with Gasteiger partial charge in [0.25, 0.3) is 0 Å². The summed E-state index contributed by atoms with van der Waals surface area (Å²) in [6, 6.07) is 2.30. The fourth-order valence-electron chi connectivity index (χ4n) is 3.22. The summed E-state index contributed by atoms with van der Waals surface area (Å²) in [5.41, 5.74) is -1.18. The summed E-state index contributed by atoms with van der Waals surface area (Å²) in [4.78, 5) is 14.0. The van der Waals surface area contributed by atoms with Crippen molar-refractivity contribution in [2.45, 2.75) is 64.1 Å². The van der Waals surface area contributed by atoms with Crippen molar-refractivity contribution >= 4 is 6.09 Å². The van der Waals surface area contributed by atoms with Crippen LogP contribution in [-0.2, 0) is 4.74 Å². The topological polar surface area (TPSA) is 73.6 Å². The van der Waals surface area contributed by atoms with E-state index in [4.69, 9.17) is 4.74 Å². The molecule has 2 aliphatic rings. The van der Waals surface area contributed by atoms with Gasteiger partial charge >= 0.3 is 6.09 Å². The van der Waals surface area contributed by atoms with Crippen LogP contribution < -0.4 is 0 Å². The molecule has 2 rings (SSSR count). The maximum atomic E-state index is 12.2. The Labute approximate surface area is 114 Å². The standard InChI is InChI=1S/C14H22N2O3/c1-13(2,3)19-12(18)16-10-4-5-11(16)7-14(6-10,8-15)9-17/h10-11,17H,4-7,9H2,1-3H3/t10-,11+,14?. The van der Waals surface area contributed by atoms with E-state index in [1.54, 1.807) is 4.90 Å². The number of ether oxygens (including phenoxy) is 1. The van der Waals surface area contributed by atoms with Gasteiger partial charge in [0.2, 0.25) is 0 Å². The Morgan fingerprint density at radius 3 is 2.32 bits per heavy atom. The number of carbonyl (C=O) groups is 1. The number of nitrogens with zero attached hydrogens (tertiary/aromatic N) is 2. The van der Waals surface area contributed by atoms with Gasteiger partial charge in [-0.25, -0.2) is 4.79 Å². The van der Waals surface area contributed by atoms with E-state index in [2.05, 4.69) is 6.07 Å². The molecule has 2 saturated heterocycles. The lowest BCUT2D eigenvalue weighted by Gasteiger charge is -2.42. The number of piperidine rings is 1. The molecule has 0 saturated carbocycles. The highest BCUT2D eigenvalue weighted by molar-refractivity contribution is 5.69. The van der Waals surface area contributed by atoms with Crippen molar-refractivity contribution in [1.29, 1.82) is 5.26 Å². The molecule has 2 fully saturated rings. The van der Waals surface area contributed by atoms with Crippen molar-refractivity contribution in [3.8, 4) is 6.07 Å². The number of hydrogen-bond acceptors (Lipinski definition) is 4. The molecule has 5 heteroatoms. The van der Waals surface area contributed by atoms with Crippen LogP contribution in [-0.4, -0.2) is 40.4 Å². The molecule has 1 unspecified atom stereocenters. The quantitative estimate of drug-likeness (QED) is 0.788.